The van der Waals surface area contributed by atoms with E-state index in [0.29, 0.717) is 23.9 Å². The van der Waals surface area contributed by atoms with Crippen molar-refractivity contribution < 1.29 is 4.74 Å². The van der Waals surface area contributed by atoms with E-state index < -0.39 is 0 Å². The third-order valence-corrected chi connectivity index (χ3v) is 8.14. The third-order valence-electron chi connectivity index (χ3n) is 8.14. The molecule has 0 atom stereocenters. The maximum absolute atomic E-state index is 5.77. The van der Waals surface area contributed by atoms with Gasteiger partial charge in [-0.1, -0.05) is 32.0 Å². The Kier molecular flexibility index (Phi) is 9.34. The highest BCUT2D eigenvalue weighted by atomic mass is 16.5. The molecular weight excluding hydrogens is 500 g/mol. The maximum Gasteiger partial charge on any atom is 0.232 e. The smallest absolute Gasteiger partial charge is 0.232 e. The van der Waals surface area contributed by atoms with E-state index in [2.05, 4.69) is 97.6 Å². The first-order valence-electron chi connectivity index (χ1n) is 14.6. The zero-order valence-corrected chi connectivity index (χ0v) is 24.4. The molecule has 2 fully saturated rings. The van der Waals surface area contributed by atoms with Crippen molar-refractivity contribution in [2.24, 2.45) is 5.92 Å². The van der Waals surface area contributed by atoms with Crippen LogP contribution in [0.25, 0.3) is 0 Å². The molecule has 5 rings (SSSR count). The highest BCUT2D eigenvalue weighted by molar-refractivity contribution is 5.69. The quantitative estimate of drug-likeness (QED) is 0.359. The molecule has 3 aromatic rings. The molecule has 0 spiro atoms. The van der Waals surface area contributed by atoms with Crippen molar-refractivity contribution in [1.29, 1.82) is 0 Å². The van der Waals surface area contributed by atoms with Gasteiger partial charge in [0.1, 0.15) is 12.1 Å². The van der Waals surface area contributed by atoms with Gasteiger partial charge < -0.3 is 25.2 Å². The molecule has 9 heteroatoms. The number of hydrogen-bond acceptors (Lipinski definition) is 9. The predicted octanol–water partition coefficient (Wildman–Crippen LogP) is 5.17. The number of rotatable bonds is 10. The first-order valence-corrected chi connectivity index (χ1v) is 14.6. The van der Waals surface area contributed by atoms with Crippen LogP contribution in [0.15, 0.2) is 48.8 Å². The van der Waals surface area contributed by atoms with Crippen LogP contribution in [-0.2, 0) is 6.42 Å². The monoisotopic (exact) mass is 544 g/mol. The van der Waals surface area contributed by atoms with Gasteiger partial charge in [0.2, 0.25) is 11.9 Å². The van der Waals surface area contributed by atoms with Crippen LogP contribution >= 0.6 is 0 Å². The lowest BCUT2D eigenvalue weighted by molar-refractivity contribution is 0.0982. The zero-order valence-electron chi connectivity index (χ0n) is 24.4. The Morgan fingerprint density at radius 3 is 2.30 bits per heavy atom. The number of ether oxygens (including phenoxy) is 1. The summed E-state index contributed by atoms with van der Waals surface area (Å²) in [5.41, 5.74) is 4.30. The minimum atomic E-state index is 0.469. The molecule has 2 N–H and O–H groups in total. The molecule has 2 saturated heterocycles. The summed E-state index contributed by atoms with van der Waals surface area (Å²) in [6, 6.07) is 15.4. The van der Waals surface area contributed by atoms with Gasteiger partial charge in [0, 0.05) is 62.8 Å². The van der Waals surface area contributed by atoms with Crippen LogP contribution in [-0.4, -0.2) is 84.2 Å². The van der Waals surface area contributed by atoms with Crippen molar-refractivity contribution in [2.75, 3.05) is 69.0 Å². The number of para-hydroxylation sites is 1. The summed E-state index contributed by atoms with van der Waals surface area (Å²) >= 11 is 0. The van der Waals surface area contributed by atoms with Crippen LogP contribution in [0.5, 0.6) is 5.75 Å². The zero-order chi connectivity index (χ0) is 27.9. The second-order valence-corrected chi connectivity index (χ2v) is 11.4. The lowest BCUT2D eigenvalue weighted by atomic mass is 10.0. The molecule has 2 aromatic carbocycles. The standard InChI is InChI=1S/C31H44N8O/c1-23(2)9-10-24-7-5-6-8-27(24)34-30-32-22-33-31(36-30)35-28-12-11-26(21-29(28)40-4)38-15-13-25(14-16-38)39-19-17-37(3)18-20-39/h5-8,11-12,21-23,25H,9-10,13-20H2,1-4H3,(H2,32,33,34,35,36). The van der Waals surface area contributed by atoms with E-state index in [-0.39, 0.29) is 0 Å². The molecule has 214 valence electrons. The molecule has 2 aliphatic rings. The average molecular weight is 545 g/mol. The summed E-state index contributed by atoms with van der Waals surface area (Å²) in [7, 11) is 3.93. The van der Waals surface area contributed by atoms with Crippen LogP contribution in [0.3, 0.4) is 0 Å². The molecule has 0 unspecified atom stereocenters. The minimum absolute atomic E-state index is 0.469. The normalized spacial score (nSPS) is 17.3. The molecule has 40 heavy (non-hydrogen) atoms. The van der Waals surface area contributed by atoms with Crippen LogP contribution in [0.1, 0.15) is 38.7 Å². The van der Waals surface area contributed by atoms with Crippen molar-refractivity contribution >= 4 is 29.0 Å². The van der Waals surface area contributed by atoms with Gasteiger partial charge in [-0.25, -0.2) is 9.97 Å². The van der Waals surface area contributed by atoms with Gasteiger partial charge in [-0.3, -0.25) is 4.90 Å². The predicted molar refractivity (Wildman–Crippen MR) is 163 cm³/mol. The summed E-state index contributed by atoms with van der Waals surface area (Å²) in [6.07, 6.45) is 6.07. The summed E-state index contributed by atoms with van der Waals surface area (Å²) in [4.78, 5) is 20.9. The molecule has 0 saturated carbocycles. The van der Waals surface area contributed by atoms with Crippen LogP contribution in [0, 0.1) is 5.92 Å². The Balaban J connectivity index is 1.22. The Morgan fingerprint density at radius 2 is 1.60 bits per heavy atom. The van der Waals surface area contributed by atoms with E-state index in [9.17, 15) is 0 Å². The first-order chi connectivity index (χ1) is 19.5. The molecule has 0 bridgehead atoms. The average Bonchev–Trinajstić information content (AvgIpc) is 2.97. The fourth-order valence-electron chi connectivity index (χ4n) is 5.62. The van der Waals surface area contributed by atoms with Gasteiger partial charge in [-0.2, -0.15) is 4.98 Å². The van der Waals surface area contributed by atoms with Crippen molar-refractivity contribution in [1.82, 2.24) is 24.8 Å². The lowest BCUT2D eigenvalue weighted by Gasteiger charge is -2.42. The molecule has 3 heterocycles. The molecule has 1 aromatic heterocycles. The van der Waals surface area contributed by atoms with Crippen LogP contribution < -0.4 is 20.3 Å². The summed E-state index contributed by atoms with van der Waals surface area (Å²) in [6.45, 7) is 11.4. The van der Waals surface area contributed by atoms with E-state index >= 15 is 0 Å². The van der Waals surface area contributed by atoms with Crippen molar-refractivity contribution in [3.05, 3.63) is 54.4 Å². The molecule has 2 aliphatic heterocycles. The lowest BCUT2D eigenvalue weighted by Crippen LogP contribution is -2.52. The number of anilines is 5. The summed E-state index contributed by atoms with van der Waals surface area (Å²) in [5, 5.41) is 6.72. The highest BCUT2D eigenvalue weighted by Crippen LogP contribution is 2.33. The van der Waals surface area contributed by atoms with Gasteiger partial charge in [0.25, 0.3) is 0 Å². The van der Waals surface area contributed by atoms with Crippen LogP contribution in [0.2, 0.25) is 0 Å². The fourth-order valence-corrected chi connectivity index (χ4v) is 5.62. The van der Waals surface area contributed by atoms with Gasteiger partial charge in [-0.05, 0) is 62.4 Å². The first kappa shape index (κ1) is 28.1. The number of benzene rings is 2. The number of likely N-dealkylation sites (N-methyl/N-ethyl adjacent to an activating group) is 1. The van der Waals surface area contributed by atoms with Gasteiger partial charge >= 0.3 is 0 Å². The minimum Gasteiger partial charge on any atom is -0.494 e. The Labute approximate surface area is 239 Å². The largest absolute Gasteiger partial charge is 0.494 e. The third kappa shape index (κ3) is 7.20. The number of hydrogen-bond donors (Lipinski definition) is 2. The number of piperazine rings is 1. The number of aryl methyl sites for hydroxylation is 1. The van der Waals surface area contributed by atoms with Gasteiger partial charge in [0.15, 0.2) is 0 Å². The number of methoxy groups -OCH3 is 1. The second-order valence-electron chi connectivity index (χ2n) is 11.4. The Hall–Kier alpha value is -3.43. The SMILES string of the molecule is COc1cc(N2CCC(N3CCN(C)CC3)CC2)ccc1Nc1ncnc(Nc2ccccc2CCC(C)C)n1. The Morgan fingerprint density at radius 1 is 0.900 bits per heavy atom. The number of piperidine rings is 1. The number of nitrogens with one attached hydrogen (secondary N) is 2. The van der Waals surface area contributed by atoms with Gasteiger partial charge in [0.05, 0.1) is 12.8 Å². The fraction of sp³-hybridized carbons (Fsp3) is 0.516. The van der Waals surface area contributed by atoms with E-state index in [0.717, 1.165) is 43.1 Å². The molecule has 0 amide bonds. The van der Waals surface area contributed by atoms with E-state index in [1.807, 2.05) is 6.07 Å². The second kappa shape index (κ2) is 13.3. The topological polar surface area (TPSA) is 81.7 Å². The number of nitrogens with zero attached hydrogens (tertiary/aromatic N) is 6. The van der Waals surface area contributed by atoms with Crippen LogP contribution in [0.4, 0.5) is 29.0 Å². The van der Waals surface area contributed by atoms with Crippen molar-refractivity contribution in [3.8, 4) is 5.75 Å². The molecule has 0 radical (unpaired) electrons. The summed E-state index contributed by atoms with van der Waals surface area (Å²) < 4.78 is 5.77. The van der Waals surface area contributed by atoms with E-state index in [1.54, 1.807) is 7.11 Å². The van der Waals surface area contributed by atoms with Crippen molar-refractivity contribution in [3.63, 3.8) is 0 Å². The summed E-state index contributed by atoms with van der Waals surface area (Å²) in [5.74, 6) is 2.40. The highest BCUT2D eigenvalue weighted by Gasteiger charge is 2.27. The van der Waals surface area contributed by atoms with Gasteiger partial charge in [-0.15, -0.1) is 0 Å². The molecular formula is C31H44N8O. The number of aromatic nitrogens is 3. The Bertz CT molecular complexity index is 1240. The molecule has 9 nitrogen and oxygen atoms in total. The van der Waals surface area contributed by atoms with Crippen molar-refractivity contribution in [2.45, 2.75) is 45.6 Å². The molecule has 0 aliphatic carbocycles. The van der Waals surface area contributed by atoms with E-state index in [4.69, 9.17) is 4.74 Å². The van der Waals surface area contributed by atoms with E-state index in [1.165, 1.54) is 56.6 Å². The maximum atomic E-state index is 5.77.